The summed E-state index contributed by atoms with van der Waals surface area (Å²) < 4.78 is 1.54. The van der Waals surface area contributed by atoms with E-state index < -0.39 is 11.9 Å². The number of hydrogen-bond donors (Lipinski definition) is 2. The fraction of sp³-hybridized carbons (Fsp3) is 0.500. The molecule has 0 saturated carbocycles. The summed E-state index contributed by atoms with van der Waals surface area (Å²) in [5, 5.41) is 2.69. The Morgan fingerprint density at radius 1 is 1.69 bits per heavy atom. The third kappa shape index (κ3) is 2.82. The van der Waals surface area contributed by atoms with E-state index in [4.69, 9.17) is 5.73 Å². The van der Waals surface area contributed by atoms with E-state index in [-0.39, 0.29) is 11.4 Å². The molecule has 1 unspecified atom stereocenters. The summed E-state index contributed by atoms with van der Waals surface area (Å²) in [6.07, 6.45) is 3.99. The minimum absolute atomic E-state index is 0.155. The maximum atomic E-state index is 11.8. The molecule has 1 atom stereocenters. The monoisotopic (exact) mass is 224 g/mol. The van der Waals surface area contributed by atoms with Gasteiger partial charge in [-0.3, -0.25) is 9.59 Å². The van der Waals surface area contributed by atoms with Crippen LogP contribution in [0.3, 0.4) is 0 Å². The molecule has 0 radical (unpaired) electrons. The zero-order valence-corrected chi connectivity index (χ0v) is 9.43. The van der Waals surface area contributed by atoms with Crippen molar-refractivity contribution in [1.82, 2.24) is 9.55 Å². The summed E-state index contributed by atoms with van der Waals surface area (Å²) in [6.45, 7) is 4.19. The molecule has 0 aliphatic rings. The summed E-state index contributed by atoms with van der Waals surface area (Å²) in [6, 6.07) is -0.613. The van der Waals surface area contributed by atoms with E-state index in [1.165, 1.54) is 6.20 Å². The molecule has 16 heavy (non-hydrogen) atoms. The fourth-order valence-electron chi connectivity index (χ4n) is 1.24. The highest BCUT2D eigenvalue weighted by Gasteiger charge is 2.11. The zero-order valence-electron chi connectivity index (χ0n) is 9.43. The molecule has 6 nitrogen and oxygen atoms in total. The van der Waals surface area contributed by atoms with Crippen LogP contribution in [0, 0.1) is 0 Å². The van der Waals surface area contributed by atoms with Gasteiger partial charge < -0.3 is 15.6 Å². The maximum absolute atomic E-state index is 11.8. The van der Waals surface area contributed by atoms with Crippen LogP contribution in [0.2, 0.25) is 0 Å². The van der Waals surface area contributed by atoms with Crippen molar-refractivity contribution >= 4 is 11.7 Å². The van der Waals surface area contributed by atoms with Crippen LogP contribution >= 0.6 is 0 Å². The molecular weight excluding hydrogens is 208 g/mol. The van der Waals surface area contributed by atoms with Gasteiger partial charge in [0.15, 0.2) is 5.82 Å². The van der Waals surface area contributed by atoms with E-state index >= 15 is 0 Å². The molecule has 1 heterocycles. The quantitative estimate of drug-likeness (QED) is 0.733. The van der Waals surface area contributed by atoms with Gasteiger partial charge in [0.05, 0.1) is 0 Å². The van der Waals surface area contributed by atoms with Crippen molar-refractivity contribution in [2.45, 2.75) is 32.9 Å². The highest BCUT2D eigenvalue weighted by atomic mass is 16.1. The fourth-order valence-corrected chi connectivity index (χ4v) is 1.24. The lowest BCUT2D eigenvalue weighted by Gasteiger charge is -2.11. The number of rotatable bonds is 5. The Labute approximate surface area is 93.5 Å². The maximum Gasteiger partial charge on any atom is 0.293 e. The number of carbonyl (C=O) groups is 1. The Morgan fingerprint density at radius 2 is 2.38 bits per heavy atom. The van der Waals surface area contributed by atoms with E-state index in [9.17, 15) is 9.59 Å². The van der Waals surface area contributed by atoms with E-state index in [1.54, 1.807) is 17.7 Å². The predicted molar refractivity (Wildman–Crippen MR) is 61.1 cm³/mol. The minimum Gasteiger partial charge on any atom is -0.368 e. The molecule has 0 spiro atoms. The SMILES string of the molecule is CCCn1ccnc(NC(C)C(N)=O)c1=O. The second kappa shape index (κ2) is 5.29. The van der Waals surface area contributed by atoms with Crippen LogP contribution in [0.15, 0.2) is 17.2 Å². The molecule has 3 N–H and O–H groups in total. The zero-order chi connectivity index (χ0) is 12.1. The van der Waals surface area contributed by atoms with Crippen molar-refractivity contribution in [2.75, 3.05) is 5.32 Å². The second-order valence-corrected chi connectivity index (χ2v) is 3.54. The molecule has 1 aromatic rings. The van der Waals surface area contributed by atoms with Gasteiger partial charge in [0, 0.05) is 18.9 Å². The lowest BCUT2D eigenvalue weighted by molar-refractivity contribution is -0.118. The molecule has 0 aromatic carbocycles. The van der Waals surface area contributed by atoms with Gasteiger partial charge in [-0.25, -0.2) is 4.98 Å². The third-order valence-electron chi connectivity index (χ3n) is 2.16. The second-order valence-electron chi connectivity index (χ2n) is 3.54. The van der Waals surface area contributed by atoms with Gasteiger partial charge in [0.2, 0.25) is 5.91 Å². The lowest BCUT2D eigenvalue weighted by atomic mass is 10.3. The normalized spacial score (nSPS) is 12.1. The summed E-state index contributed by atoms with van der Waals surface area (Å²) in [7, 11) is 0. The Kier molecular flexibility index (Phi) is 4.04. The van der Waals surface area contributed by atoms with Crippen molar-refractivity contribution in [3.05, 3.63) is 22.7 Å². The highest BCUT2D eigenvalue weighted by Crippen LogP contribution is 1.97. The molecule has 0 aliphatic carbocycles. The average molecular weight is 224 g/mol. The van der Waals surface area contributed by atoms with Crippen LogP contribution in [0.1, 0.15) is 20.3 Å². The van der Waals surface area contributed by atoms with E-state index in [0.29, 0.717) is 6.54 Å². The number of carbonyl (C=O) groups excluding carboxylic acids is 1. The van der Waals surface area contributed by atoms with Crippen LogP contribution in [0.25, 0.3) is 0 Å². The molecule has 0 fully saturated rings. The van der Waals surface area contributed by atoms with Gasteiger partial charge in [-0.2, -0.15) is 0 Å². The number of anilines is 1. The number of aromatic nitrogens is 2. The molecule has 1 aromatic heterocycles. The molecule has 0 bridgehead atoms. The van der Waals surface area contributed by atoms with Crippen molar-refractivity contribution < 1.29 is 4.79 Å². The van der Waals surface area contributed by atoms with Crippen LogP contribution in [-0.2, 0) is 11.3 Å². The van der Waals surface area contributed by atoms with Crippen molar-refractivity contribution in [1.29, 1.82) is 0 Å². The number of hydrogen-bond acceptors (Lipinski definition) is 4. The smallest absolute Gasteiger partial charge is 0.293 e. The van der Waals surface area contributed by atoms with Crippen LogP contribution in [0.5, 0.6) is 0 Å². The Bertz CT molecular complexity index is 427. The molecule has 0 aliphatic heterocycles. The third-order valence-corrected chi connectivity index (χ3v) is 2.16. The van der Waals surface area contributed by atoms with Crippen molar-refractivity contribution in [3.8, 4) is 0 Å². The van der Waals surface area contributed by atoms with Gasteiger partial charge in [0.1, 0.15) is 6.04 Å². The summed E-state index contributed by atoms with van der Waals surface area (Å²) >= 11 is 0. The molecule has 0 saturated heterocycles. The first-order valence-corrected chi connectivity index (χ1v) is 5.17. The van der Waals surface area contributed by atoms with Crippen LogP contribution in [-0.4, -0.2) is 21.5 Å². The summed E-state index contributed by atoms with van der Waals surface area (Å²) in [5.74, 6) is -0.366. The predicted octanol–water partition coefficient (Wildman–Crippen LogP) is -0.0610. The number of amides is 1. The average Bonchev–Trinajstić information content (AvgIpc) is 2.24. The summed E-state index contributed by atoms with van der Waals surface area (Å²) in [5.41, 5.74) is 4.85. The Hall–Kier alpha value is -1.85. The number of nitrogens with one attached hydrogen (secondary N) is 1. The molecule has 1 amide bonds. The van der Waals surface area contributed by atoms with Gasteiger partial charge in [-0.05, 0) is 13.3 Å². The van der Waals surface area contributed by atoms with Crippen LogP contribution < -0.4 is 16.6 Å². The number of nitrogens with zero attached hydrogens (tertiary/aromatic N) is 2. The number of primary amides is 1. The Morgan fingerprint density at radius 3 is 2.94 bits per heavy atom. The highest BCUT2D eigenvalue weighted by molar-refractivity contribution is 5.82. The van der Waals surface area contributed by atoms with E-state index in [2.05, 4.69) is 10.3 Å². The van der Waals surface area contributed by atoms with E-state index in [1.807, 2.05) is 6.92 Å². The van der Waals surface area contributed by atoms with Gasteiger partial charge in [-0.1, -0.05) is 6.92 Å². The number of nitrogens with two attached hydrogens (primary N) is 1. The van der Waals surface area contributed by atoms with Crippen molar-refractivity contribution in [2.24, 2.45) is 5.73 Å². The first kappa shape index (κ1) is 12.2. The first-order valence-electron chi connectivity index (χ1n) is 5.17. The molecule has 88 valence electrons. The lowest BCUT2D eigenvalue weighted by Crippen LogP contribution is -2.36. The molecule has 6 heteroatoms. The van der Waals surface area contributed by atoms with Gasteiger partial charge in [-0.15, -0.1) is 0 Å². The largest absolute Gasteiger partial charge is 0.368 e. The molecule has 1 rings (SSSR count). The van der Waals surface area contributed by atoms with E-state index in [0.717, 1.165) is 6.42 Å². The van der Waals surface area contributed by atoms with Crippen LogP contribution in [0.4, 0.5) is 5.82 Å². The molecular formula is C10H16N4O2. The minimum atomic E-state index is -0.613. The first-order chi connectivity index (χ1) is 7.56. The topological polar surface area (TPSA) is 90.0 Å². The summed E-state index contributed by atoms with van der Waals surface area (Å²) in [4.78, 5) is 26.5. The standard InChI is InChI=1S/C10H16N4O2/c1-3-5-14-6-4-12-9(10(14)16)13-7(2)8(11)15/h4,6-7H,3,5H2,1-2H3,(H2,11,15)(H,12,13). The van der Waals surface area contributed by atoms with Crippen molar-refractivity contribution in [3.63, 3.8) is 0 Å². The Balaban J connectivity index is 2.93. The van der Waals surface area contributed by atoms with Gasteiger partial charge in [0.25, 0.3) is 5.56 Å². The van der Waals surface area contributed by atoms with Gasteiger partial charge >= 0.3 is 0 Å². The number of aryl methyl sites for hydroxylation is 1.